The van der Waals surface area contributed by atoms with E-state index >= 15 is 0 Å². The van der Waals surface area contributed by atoms with Crippen LogP contribution in [0.5, 0.6) is 0 Å². The third-order valence-electron chi connectivity index (χ3n) is 4.77. The van der Waals surface area contributed by atoms with Gasteiger partial charge < -0.3 is 15.1 Å². The van der Waals surface area contributed by atoms with Crippen LogP contribution in [0.1, 0.15) is 12.8 Å². The first-order chi connectivity index (χ1) is 12.9. The molecule has 1 aliphatic rings. The van der Waals surface area contributed by atoms with Crippen molar-refractivity contribution in [3.63, 3.8) is 0 Å². The molecule has 0 unspecified atom stereocenters. The second-order valence-electron chi connectivity index (χ2n) is 6.14. The Morgan fingerprint density at radius 3 is 2.44 bits per heavy atom. The van der Waals surface area contributed by atoms with E-state index in [0.29, 0.717) is 11.0 Å². The Hall–Kier alpha value is -3.27. The zero-order valence-electron chi connectivity index (χ0n) is 14.5. The average molecular weight is 374 g/mol. The van der Waals surface area contributed by atoms with Crippen LogP contribution in [-0.4, -0.2) is 63.2 Å². The highest BCUT2D eigenvalue weighted by atomic mass is 16.7. The first-order valence-corrected chi connectivity index (χ1v) is 8.20. The van der Waals surface area contributed by atoms with Gasteiger partial charge in [0.05, 0.1) is 12.6 Å². The number of fused-ring (bicyclic) bond motifs is 1. The van der Waals surface area contributed by atoms with Crippen LogP contribution in [0.15, 0.2) is 30.6 Å². The molecule has 2 N–H and O–H groups in total. The number of carbonyl (C=O) groups excluding carboxylic acids is 1. The summed E-state index contributed by atoms with van der Waals surface area (Å²) in [4.78, 5) is 51.0. The Morgan fingerprint density at radius 1 is 1.15 bits per heavy atom. The Balaban J connectivity index is 2.00. The highest BCUT2D eigenvalue weighted by molar-refractivity contribution is 6.11. The van der Waals surface area contributed by atoms with Gasteiger partial charge in [0.25, 0.3) is 5.91 Å². The molecular weight excluding hydrogens is 356 g/mol. The summed E-state index contributed by atoms with van der Waals surface area (Å²) in [5.74, 6) is -2.09. The molecule has 2 aromatic rings. The molecule has 10 nitrogen and oxygen atoms in total. The number of carbonyl (C=O) groups is 3. The fourth-order valence-corrected chi connectivity index (χ4v) is 3.21. The number of hydrogen-bond donors (Lipinski definition) is 2. The number of piperidine rings is 1. The average Bonchev–Trinajstić information content (AvgIpc) is 2.68. The number of aromatic nitrogens is 2. The summed E-state index contributed by atoms with van der Waals surface area (Å²) >= 11 is 0. The molecule has 3 heterocycles. The molecule has 0 spiro atoms. The van der Waals surface area contributed by atoms with E-state index in [1.54, 1.807) is 12.1 Å². The summed E-state index contributed by atoms with van der Waals surface area (Å²) in [5.41, 5.74) is -0.602. The van der Waals surface area contributed by atoms with Crippen LogP contribution in [0, 0.1) is 5.41 Å². The number of aliphatic carboxylic acids is 1. The van der Waals surface area contributed by atoms with E-state index < -0.39 is 23.4 Å². The molecule has 10 heteroatoms. The second kappa shape index (κ2) is 7.16. The second-order valence-corrected chi connectivity index (χ2v) is 6.14. The molecule has 0 aromatic carbocycles. The Bertz CT molecular complexity index is 889. The molecule has 0 saturated carbocycles. The molecule has 0 aliphatic carbocycles. The number of pyridine rings is 2. The van der Waals surface area contributed by atoms with Crippen molar-refractivity contribution in [1.29, 1.82) is 0 Å². The summed E-state index contributed by atoms with van der Waals surface area (Å²) in [6.45, 7) is -0.111. The Labute approximate surface area is 153 Å². The molecule has 2 aromatic heterocycles. The number of amides is 2. The van der Waals surface area contributed by atoms with Crippen LogP contribution in [-0.2, 0) is 14.4 Å². The maximum absolute atomic E-state index is 13.2. The predicted octanol–water partition coefficient (Wildman–Crippen LogP) is 1.37. The molecule has 1 fully saturated rings. The molecule has 1 aliphatic heterocycles. The topological polar surface area (TPSA) is 133 Å². The van der Waals surface area contributed by atoms with E-state index in [9.17, 15) is 19.5 Å². The first kappa shape index (κ1) is 18.5. The number of rotatable bonds is 4. The lowest BCUT2D eigenvalue weighted by molar-refractivity contribution is -0.160. The third kappa shape index (κ3) is 3.14. The number of anilines is 1. The van der Waals surface area contributed by atoms with Crippen molar-refractivity contribution >= 4 is 34.7 Å². The highest BCUT2D eigenvalue weighted by Gasteiger charge is 2.51. The van der Waals surface area contributed by atoms with Gasteiger partial charge in [-0.2, -0.15) is 5.06 Å². The summed E-state index contributed by atoms with van der Waals surface area (Å²) in [6, 6.07) is 4.92. The summed E-state index contributed by atoms with van der Waals surface area (Å²) in [7, 11) is 1.26. The van der Waals surface area contributed by atoms with Crippen molar-refractivity contribution in [2.45, 2.75) is 12.8 Å². The fourth-order valence-electron chi connectivity index (χ4n) is 3.21. The summed E-state index contributed by atoms with van der Waals surface area (Å²) < 4.78 is 0. The van der Waals surface area contributed by atoms with Crippen LogP contribution in [0.4, 0.5) is 10.5 Å². The van der Waals surface area contributed by atoms with Gasteiger partial charge in [0.2, 0.25) is 0 Å². The lowest BCUT2D eigenvalue weighted by atomic mass is 9.77. The van der Waals surface area contributed by atoms with Gasteiger partial charge in [-0.15, -0.1) is 0 Å². The van der Waals surface area contributed by atoms with E-state index in [4.69, 9.17) is 9.94 Å². The maximum Gasteiger partial charge on any atom is 0.407 e. The van der Waals surface area contributed by atoms with Crippen molar-refractivity contribution in [1.82, 2.24) is 14.9 Å². The van der Waals surface area contributed by atoms with Crippen molar-refractivity contribution in [3.8, 4) is 0 Å². The number of carboxylic acids is 1. The number of hydrogen-bond acceptors (Lipinski definition) is 6. The van der Waals surface area contributed by atoms with Crippen LogP contribution in [0.25, 0.3) is 11.0 Å². The lowest BCUT2D eigenvalue weighted by Gasteiger charge is -2.38. The van der Waals surface area contributed by atoms with Crippen molar-refractivity contribution in [3.05, 3.63) is 30.6 Å². The molecule has 0 atom stereocenters. The molecule has 142 valence electrons. The maximum atomic E-state index is 13.2. The molecule has 27 heavy (non-hydrogen) atoms. The van der Waals surface area contributed by atoms with Gasteiger partial charge >= 0.3 is 12.1 Å². The van der Waals surface area contributed by atoms with Crippen molar-refractivity contribution < 1.29 is 29.4 Å². The Morgan fingerprint density at radius 2 is 1.85 bits per heavy atom. The molecule has 3 rings (SSSR count). The van der Waals surface area contributed by atoms with E-state index in [1.807, 2.05) is 0 Å². The fraction of sp³-hybridized carbons (Fsp3) is 0.353. The van der Waals surface area contributed by atoms with Gasteiger partial charge in [-0.25, -0.2) is 4.79 Å². The molecule has 0 bridgehead atoms. The number of likely N-dealkylation sites (tertiary alicyclic amines) is 1. The zero-order chi connectivity index (χ0) is 19.6. The van der Waals surface area contributed by atoms with Gasteiger partial charge in [-0.3, -0.25) is 24.4 Å². The lowest BCUT2D eigenvalue weighted by Crippen LogP contribution is -2.55. The van der Waals surface area contributed by atoms with E-state index in [1.165, 1.54) is 25.6 Å². The largest absolute Gasteiger partial charge is 0.480 e. The van der Waals surface area contributed by atoms with Crippen LogP contribution < -0.4 is 5.06 Å². The van der Waals surface area contributed by atoms with Crippen LogP contribution in [0.3, 0.4) is 0 Å². The van der Waals surface area contributed by atoms with Crippen LogP contribution in [0.2, 0.25) is 0 Å². The number of hydroxylamine groups is 1. The highest BCUT2D eigenvalue weighted by Crippen LogP contribution is 2.36. The summed E-state index contributed by atoms with van der Waals surface area (Å²) in [5, 5.41) is 19.8. The van der Waals surface area contributed by atoms with Crippen molar-refractivity contribution in [2.24, 2.45) is 5.41 Å². The smallest absolute Gasteiger partial charge is 0.407 e. The minimum absolute atomic E-state index is 0.0553. The van der Waals surface area contributed by atoms with Crippen LogP contribution >= 0.6 is 0 Å². The summed E-state index contributed by atoms with van der Waals surface area (Å²) in [6.07, 6.45) is 1.56. The van der Waals surface area contributed by atoms with Gasteiger partial charge in [0, 0.05) is 25.5 Å². The quantitative estimate of drug-likeness (QED) is 0.605. The number of carboxylic acid groups (broad SMARTS) is 2. The van der Waals surface area contributed by atoms with E-state index in [0.717, 1.165) is 9.96 Å². The van der Waals surface area contributed by atoms with Gasteiger partial charge in [-0.1, -0.05) is 0 Å². The van der Waals surface area contributed by atoms with E-state index in [-0.39, 0.29) is 31.6 Å². The van der Waals surface area contributed by atoms with Gasteiger partial charge in [-0.05, 0) is 31.0 Å². The number of nitrogens with zero attached hydrogens (tertiary/aromatic N) is 4. The molecule has 0 radical (unpaired) electrons. The third-order valence-corrected chi connectivity index (χ3v) is 4.77. The monoisotopic (exact) mass is 374 g/mol. The minimum Gasteiger partial charge on any atom is -0.480 e. The molecular formula is C17H18N4O6. The van der Waals surface area contributed by atoms with E-state index in [2.05, 4.69) is 9.97 Å². The molecule has 1 saturated heterocycles. The van der Waals surface area contributed by atoms with Gasteiger partial charge in [0.1, 0.15) is 11.2 Å². The minimum atomic E-state index is -1.79. The standard InChI is InChI=1S/C17H18N4O6/c1-27-21(12-4-8-18-11-3-2-7-19-13(11)12)14(22)17(15(23)24)5-9-20(10-6-17)16(25)26/h2-4,7-8H,5-6,9-10H2,1H3,(H,23,24)(H,25,26). The normalized spacial score (nSPS) is 16.1. The van der Waals surface area contributed by atoms with Gasteiger partial charge in [0.15, 0.2) is 5.41 Å². The SMILES string of the molecule is CON(C(=O)C1(C(=O)O)CCN(C(=O)O)CC1)c1ccnc2cccnc12. The molecule has 2 amide bonds. The van der Waals surface area contributed by atoms with Crippen molar-refractivity contribution in [2.75, 3.05) is 25.3 Å². The predicted molar refractivity (Wildman–Crippen MR) is 92.9 cm³/mol. The zero-order valence-corrected chi connectivity index (χ0v) is 14.5. The first-order valence-electron chi connectivity index (χ1n) is 8.20. The Kier molecular flexibility index (Phi) is 4.91.